The van der Waals surface area contributed by atoms with E-state index in [2.05, 4.69) is 11.9 Å². The summed E-state index contributed by atoms with van der Waals surface area (Å²) in [7, 11) is 0. The number of para-hydroxylation sites is 1. The predicted molar refractivity (Wildman–Crippen MR) is 83.6 cm³/mol. The molecule has 2 heterocycles. The fraction of sp³-hybridized carbons (Fsp3) is 0.412. The molecule has 1 saturated heterocycles. The largest absolute Gasteiger partial charge is 0.480 e. The monoisotopic (exact) mass is 284 g/mol. The van der Waals surface area contributed by atoms with E-state index in [0.717, 1.165) is 35.2 Å². The Morgan fingerprint density at radius 1 is 1.38 bits per heavy atom. The van der Waals surface area contributed by atoms with Gasteiger partial charge in [-0.1, -0.05) is 25.1 Å². The molecule has 4 heteroatoms. The number of pyridine rings is 1. The van der Waals surface area contributed by atoms with Gasteiger partial charge in [0.1, 0.15) is 6.04 Å². The van der Waals surface area contributed by atoms with E-state index in [0.29, 0.717) is 12.3 Å². The van der Waals surface area contributed by atoms with Crippen molar-refractivity contribution >= 4 is 22.6 Å². The van der Waals surface area contributed by atoms with Crippen LogP contribution in [0.1, 0.15) is 25.5 Å². The van der Waals surface area contributed by atoms with Crippen molar-refractivity contribution in [1.82, 2.24) is 4.98 Å². The van der Waals surface area contributed by atoms with E-state index in [1.165, 1.54) is 0 Å². The molecule has 0 spiro atoms. The molecule has 21 heavy (non-hydrogen) atoms. The van der Waals surface area contributed by atoms with E-state index in [-0.39, 0.29) is 0 Å². The molecule has 110 valence electrons. The van der Waals surface area contributed by atoms with Gasteiger partial charge >= 0.3 is 5.97 Å². The first-order chi connectivity index (χ1) is 10.1. The SMILES string of the molecule is Cc1cc(N2CCC(C)CC2C(=O)O)c2ccccc2n1. The molecule has 1 aromatic heterocycles. The summed E-state index contributed by atoms with van der Waals surface area (Å²) in [5, 5.41) is 10.6. The molecule has 3 rings (SSSR count). The lowest BCUT2D eigenvalue weighted by Gasteiger charge is -2.38. The highest BCUT2D eigenvalue weighted by molar-refractivity contribution is 5.94. The average Bonchev–Trinajstić information content (AvgIpc) is 2.46. The van der Waals surface area contributed by atoms with Gasteiger partial charge in [-0.25, -0.2) is 4.79 Å². The van der Waals surface area contributed by atoms with E-state index in [9.17, 15) is 9.90 Å². The summed E-state index contributed by atoms with van der Waals surface area (Å²) in [6, 6.07) is 9.51. The zero-order valence-electron chi connectivity index (χ0n) is 12.4. The van der Waals surface area contributed by atoms with Gasteiger partial charge in [-0.15, -0.1) is 0 Å². The molecule has 2 aromatic rings. The average molecular weight is 284 g/mol. The molecular formula is C17H20N2O2. The summed E-state index contributed by atoms with van der Waals surface area (Å²) in [6.07, 6.45) is 1.73. The molecule has 0 radical (unpaired) electrons. The molecule has 0 bridgehead atoms. The van der Waals surface area contributed by atoms with Crippen molar-refractivity contribution in [2.75, 3.05) is 11.4 Å². The minimum Gasteiger partial charge on any atom is -0.480 e. The first kappa shape index (κ1) is 13.9. The maximum Gasteiger partial charge on any atom is 0.326 e. The zero-order valence-corrected chi connectivity index (χ0v) is 12.4. The molecule has 1 N–H and O–H groups in total. The van der Waals surface area contributed by atoms with Crippen LogP contribution in [0.4, 0.5) is 5.69 Å². The van der Waals surface area contributed by atoms with E-state index in [1.54, 1.807) is 0 Å². The number of carboxylic acid groups (broad SMARTS) is 1. The lowest BCUT2D eigenvalue weighted by molar-refractivity contribution is -0.139. The van der Waals surface area contributed by atoms with Gasteiger partial charge in [-0.05, 0) is 37.8 Å². The summed E-state index contributed by atoms with van der Waals surface area (Å²) in [5.74, 6) is -0.281. The number of nitrogens with zero attached hydrogens (tertiary/aromatic N) is 2. The van der Waals surface area contributed by atoms with Gasteiger partial charge in [-0.2, -0.15) is 0 Å². The maximum atomic E-state index is 11.6. The lowest BCUT2D eigenvalue weighted by atomic mass is 9.91. The Kier molecular flexibility index (Phi) is 3.53. The second-order valence-electron chi connectivity index (χ2n) is 5.98. The molecule has 2 atom stereocenters. The third-order valence-electron chi connectivity index (χ3n) is 4.28. The molecule has 4 nitrogen and oxygen atoms in total. The highest BCUT2D eigenvalue weighted by Crippen LogP contribution is 2.33. The number of aliphatic carboxylic acids is 1. The van der Waals surface area contributed by atoms with Gasteiger partial charge in [0, 0.05) is 23.3 Å². The third kappa shape index (κ3) is 2.58. The van der Waals surface area contributed by atoms with Gasteiger partial charge in [0.05, 0.1) is 5.52 Å². The minimum atomic E-state index is -0.736. The lowest BCUT2D eigenvalue weighted by Crippen LogP contribution is -2.47. The predicted octanol–water partition coefficient (Wildman–Crippen LogP) is 3.23. The Morgan fingerprint density at radius 2 is 2.14 bits per heavy atom. The maximum absolute atomic E-state index is 11.6. The summed E-state index contributed by atoms with van der Waals surface area (Å²) in [4.78, 5) is 18.2. The summed E-state index contributed by atoms with van der Waals surface area (Å²) >= 11 is 0. The number of benzene rings is 1. The normalized spacial score (nSPS) is 22.5. The van der Waals surface area contributed by atoms with Crippen LogP contribution in [0, 0.1) is 12.8 Å². The van der Waals surface area contributed by atoms with Crippen LogP contribution in [-0.4, -0.2) is 28.6 Å². The second-order valence-corrected chi connectivity index (χ2v) is 5.98. The number of carboxylic acids is 1. The molecule has 0 aliphatic carbocycles. The van der Waals surface area contributed by atoms with Crippen molar-refractivity contribution in [3.05, 3.63) is 36.0 Å². The number of carbonyl (C=O) groups is 1. The molecule has 0 amide bonds. The van der Waals surface area contributed by atoms with Crippen LogP contribution < -0.4 is 4.90 Å². The number of hydrogen-bond donors (Lipinski definition) is 1. The fourth-order valence-electron chi connectivity index (χ4n) is 3.19. The number of aryl methyl sites for hydroxylation is 1. The van der Waals surface area contributed by atoms with Crippen molar-refractivity contribution in [1.29, 1.82) is 0 Å². The molecule has 1 aliphatic heterocycles. The van der Waals surface area contributed by atoms with Gasteiger partial charge in [0.2, 0.25) is 0 Å². The molecule has 1 aromatic carbocycles. The van der Waals surface area contributed by atoms with Crippen molar-refractivity contribution in [3.8, 4) is 0 Å². The number of aromatic nitrogens is 1. The van der Waals surface area contributed by atoms with Crippen molar-refractivity contribution in [2.24, 2.45) is 5.92 Å². The summed E-state index contributed by atoms with van der Waals surface area (Å²) < 4.78 is 0. The number of piperidine rings is 1. The highest BCUT2D eigenvalue weighted by Gasteiger charge is 2.32. The van der Waals surface area contributed by atoms with Crippen LogP contribution in [0.25, 0.3) is 10.9 Å². The Balaban J connectivity index is 2.12. The number of rotatable bonds is 2. The second kappa shape index (κ2) is 5.35. The highest BCUT2D eigenvalue weighted by atomic mass is 16.4. The van der Waals surface area contributed by atoms with Crippen LogP contribution in [0.15, 0.2) is 30.3 Å². The summed E-state index contributed by atoms with van der Waals surface area (Å²) in [6.45, 7) is 4.87. The molecule has 1 fully saturated rings. The van der Waals surface area contributed by atoms with Gasteiger partial charge in [0.15, 0.2) is 0 Å². The van der Waals surface area contributed by atoms with E-state index < -0.39 is 12.0 Å². The van der Waals surface area contributed by atoms with Crippen LogP contribution in [-0.2, 0) is 4.79 Å². The van der Waals surface area contributed by atoms with Gasteiger partial charge in [-0.3, -0.25) is 4.98 Å². The third-order valence-corrected chi connectivity index (χ3v) is 4.28. The van der Waals surface area contributed by atoms with Crippen molar-refractivity contribution < 1.29 is 9.90 Å². The van der Waals surface area contributed by atoms with Crippen LogP contribution in [0.2, 0.25) is 0 Å². The van der Waals surface area contributed by atoms with Crippen LogP contribution in [0.3, 0.4) is 0 Å². The Bertz CT molecular complexity index is 684. The number of hydrogen-bond acceptors (Lipinski definition) is 3. The zero-order chi connectivity index (χ0) is 15.0. The minimum absolute atomic E-state index is 0.445. The number of anilines is 1. The Labute approximate surface area is 124 Å². The van der Waals surface area contributed by atoms with E-state index >= 15 is 0 Å². The van der Waals surface area contributed by atoms with Crippen molar-refractivity contribution in [3.63, 3.8) is 0 Å². The Morgan fingerprint density at radius 3 is 2.90 bits per heavy atom. The molecule has 2 unspecified atom stereocenters. The fourth-order valence-corrected chi connectivity index (χ4v) is 3.19. The topological polar surface area (TPSA) is 53.4 Å². The standard InChI is InChI=1S/C17H20N2O2/c1-11-7-8-19(16(9-11)17(20)21)15-10-12(2)18-14-6-4-3-5-13(14)15/h3-6,10-11,16H,7-9H2,1-2H3,(H,20,21). The van der Waals surface area contributed by atoms with E-state index in [1.807, 2.05) is 42.2 Å². The smallest absolute Gasteiger partial charge is 0.326 e. The molecule has 1 aliphatic rings. The first-order valence-electron chi connectivity index (χ1n) is 7.42. The quantitative estimate of drug-likeness (QED) is 0.920. The van der Waals surface area contributed by atoms with Gasteiger partial charge in [0.25, 0.3) is 0 Å². The van der Waals surface area contributed by atoms with Crippen LogP contribution >= 0.6 is 0 Å². The number of fused-ring (bicyclic) bond motifs is 1. The van der Waals surface area contributed by atoms with Crippen LogP contribution in [0.5, 0.6) is 0 Å². The Hall–Kier alpha value is -2.10. The molecular weight excluding hydrogens is 264 g/mol. The van der Waals surface area contributed by atoms with E-state index in [4.69, 9.17) is 0 Å². The first-order valence-corrected chi connectivity index (χ1v) is 7.42. The van der Waals surface area contributed by atoms with Gasteiger partial charge < -0.3 is 10.0 Å². The van der Waals surface area contributed by atoms with Crippen molar-refractivity contribution in [2.45, 2.75) is 32.7 Å². The molecule has 0 saturated carbocycles. The summed E-state index contributed by atoms with van der Waals surface area (Å²) in [5.41, 5.74) is 2.85.